The minimum Gasteiger partial charge on any atom is -0.385 e. The summed E-state index contributed by atoms with van der Waals surface area (Å²) in [7, 11) is 0. The summed E-state index contributed by atoms with van der Waals surface area (Å²) in [5.74, 6) is 0.209. The third-order valence-corrected chi connectivity index (χ3v) is 2.56. The molecule has 0 saturated carbocycles. The standard InChI is InChI=1S/C10H14N2O/c1-7(13)10-6-11-8-4-2-3-5-9(8)12-10/h2-4,9-12H,5-6H2,1H3. The van der Waals surface area contributed by atoms with Gasteiger partial charge in [0.15, 0.2) is 0 Å². The van der Waals surface area contributed by atoms with Gasteiger partial charge in [-0.05, 0) is 19.4 Å². The van der Waals surface area contributed by atoms with Crippen LogP contribution in [0.4, 0.5) is 0 Å². The molecule has 3 nitrogen and oxygen atoms in total. The van der Waals surface area contributed by atoms with E-state index in [2.05, 4.69) is 28.9 Å². The molecule has 2 rings (SSSR count). The summed E-state index contributed by atoms with van der Waals surface area (Å²) in [6, 6.07) is 0.293. The van der Waals surface area contributed by atoms with Crippen LogP contribution >= 0.6 is 0 Å². The maximum Gasteiger partial charge on any atom is 0.148 e. The van der Waals surface area contributed by atoms with E-state index >= 15 is 0 Å². The van der Waals surface area contributed by atoms with Gasteiger partial charge in [-0.2, -0.15) is 0 Å². The predicted molar refractivity (Wildman–Crippen MR) is 51.2 cm³/mol. The average Bonchev–Trinajstić information content (AvgIpc) is 2.17. The van der Waals surface area contributed by atoms with Gasteiger partial charge in [0.25, 0.3) is 0 Å². The Morgan fingerprint density at radius 3 is 3.23 bits per heavy atom. The van der Waals surface area contributed by atoms with Crippen LogP contribution in [-0.2, 0) is 4.79 Å². The van der Waals surface area contributed by atoms with E-state index in [-0.39, 0.29) is 11.8 Å². The molecule has 2 aliphatic rings. The molecular formula is C10H14N2O. The summed E-state index contributed by atoms with van der Waals surface area (Å²) in [5.41, 5.74) is 1.21. The molecule has 0 aromatic carbocycles. The summed E-state index contributed by atoms with van der Waals surface area (Å²) >= 11 is 0. The van der Waals surface area contributed by atoms with E-state index < -0.39 is 0 Å². The number of fused-ring (bicyclic) bond motifs is 1. The van der Waals surface area contributed by atoms with E-state index in [4.69, 9.17) is 0 Å². The quantitative estimate of drug-likeness (QED) is 0.608. The Kier molecular flexibility index (Phi) is 2.19. The molecule has 1 aliphatic carbocycles. The number of hydrogen-bond acceptors (Lipinski definition) is 3. The minimum absolute atomic E-state index is 0.0198. The number of hydrogen-bond donors (Lipinski definition) is 2. The number of carbonyl (C=O) groups is 1. The fraction of sp³-hybridized carbons (Fsp3) is 0.500. The minimum atomic E-state index is -0.0198. The molecular weight excluding hydrogens is 164 g/mol. The lowest BCUT2D eigenvalue weighted by atomic mass is 9.99. The fourth-order valence-corrected chi connectivity index (χ4v) is 1.75. The van der Waals surface area contributed by atoms with Crippen molar-refractivity contribution in [1.29, 1.82) is 0 Å². The van der Waals surface area contributed by atoms with Gasteiger partial charge >= 0.3 is 0 Å². The maximum atomic E-state index is 11.1. The van der Waals surface area contributed by atoms with Crippen LogP contribution in [0.15, 0.2) is 23.9 Å². The highest BCUT2D eigenvalue weighted by molar-refractivity contribution is 5.82. The molecule has 0 aromatic heterocycles. The zero-order valence-electron chi connectivity index (χ0n) is 7.71. The molecule has 1 heterocycles. The molecule has 3 heteroatoms. The first-order valence-electron chi connectivity index (χ1n) is 4.64. The van der Waals surface area contributed by atoms with E-state index in [1.807, 2.05) is 0 Å². The first-order valence-corrected chi connectivity index (χ1v) is 4.64. The molecule has 2 unspecified atom stereocenters. The molecule has 0 spiro atoms. The van der Waals surface area contributed by atoms with Crippen LogP contribution in [0.1, 0.15) is 13.3 Å². The monoisotopic (exact) mass is 178 g/mol. The van der Waals surface area contributed by atoms with Crippen LogP contribution in [-0.4, -0.2) is 24.4 Å². The molecule has 0 amide bonds. The third-order valence-electron chi connectivity index (χ3n) is 2.56. The van der Waals surface area contributed by atoms with Crippen LogP contribution in [0.5, 0.6) is 0 Å². The Morgan fingerprint density at radius 1 is 1.62 bits per heavy atom. The molecule has 2 N–H and O–H groups in total. The molecule has 0 bridgehead atoms. The van der Waals surface area contributed by atoms with Gasteiger partial charge in [0.1, 0.15) is 5.78 Å². The second-order valence-corrected chi connectivity index (χ2v) is 3.55. The van der Waals surface area contributed by atoms with Crippen molar-refractivity contribution in [1.82, 2.24) is 10.6 Å². The first kappa shape index (κ1) is 8.51. The second kappa shape index (κ2) is 3.34. The second-order valence-electron chi connectivity index (χ2n) is 3.55. The molecule has 13 heavy (non-hydrogen) atoms. The van der Waals surface area contributed by atoms with Crippen molar-refractivity contribution in [3.05, 3.63) is 23.9 Å². The van der Waals surface area contributed by atoms with Crippen molar-refractivity contribution in [3.63, 3.8) is 0 Å². The average molecular weight is 178 g/mol. The third kappa shape index (κ3) is 1.65. The molecule has 0 radical (unpaired) electrons. The van der Waals surface area contributed by atoms with Gasteiger partial charge in [-0.1, -0.05) is 12.2 Å². The van der Waals surface area contributed by atoms with Crippen molar-refractivity contribution in [2.24, 2.45) is 0 Å². The largest absolute Gasteiger partial charge is 0.385 e. The van der Waals surface area contributed by atoms with Gasteiger partial charge in [0, 0.05) is 12.2 Å². The van der Waals surface area contributed by atoms with Crippen LogP contribution in [0.2, 0.25) is 0 Å². The van der Waals surface area contributed by atoms with E-state index in [1.165, 1.54) is 5.70 Å². The number of rotatable bonds is 1. The van der Waals surface area contributed by atoms with Crippen molar-refractivity contribution >= 4 is 5.78 Å². The lowest BCUT2D eigenvalue weighted by Crippen LogP contribution is -2.56. The topological polar surface area (TPSA) is 41.1 Å². The summed E-state index contributed by atoms with van der Waals surface area (Å²) in [5, 5.41) is 6.60. The van der Waals surface area contributed by atoms with E-state index in [0.717, 1.165) is 6.42 Å². The smallest absolute Gasteiger partial charge is 0.148 e. The van der Waals surface area contributed by atoms with Crippen LogP contribution in [0.3, 0.4) is 0 Å². The van der Waals surface area contributed by atoms with E-state index in [0.29, 0.717) is 12.6 Å². The molecule has 0 aromatic rings. The van der Waals surface area contributed by atoms with Crippen molar-refractivity contribution in [2.45, 2.75) is 25.4 Å². The molecule has 70 valence electrons. The van der Waals surface area contributed by atoms with Gasteiger partial charge in [-0.15, -0.1) is 0 Å². The first-order chi connectivity index (χ1) is 6.27. The zero-order valence-corrected chi connectivity index (χ0v) is 7.71. The van der Waals surface area contributed by atoms with Gasteiger partial charge in [-0.25, -0.2) is 0 Å². The SMILES string of the molecule is CC(=O)C1CNC2=CC=CCC2N1. The predicted octanol–water partition coefficient (Wildman–Crippen LogP) is 0.349. The highest BCUT2D eigenvalue weighted by atomic mass is 16.1. The molecule has 2 atom stereocenters. The van der Waals surface area contributed by atoms with E-state index in [9.17, 15) is 4.79 Å². The summed E-state index contributed by atoms with van der Waals surface area (Å²) in [4.78, 5) is 11.1. The lowest BCUT2D eigenvalue weighted by molar-refractivity contribution is -0.119. The number of piperazine rings is 1. The zero-order chi connectivity index (χ0) is 9.26. The van der Waals surface area contributed by atoms with Crippen LogP contribution < -0.4 is 10.6 Å². The Labute approximate surface area is 77.9 Å². The maximum absolute atomic E-state index is 11.1. The van der Waals surface area contributed by atoms with Gasteiger partial charge < -0.3 is 5.32 Å². The summed E-state index contributed by atoms with van der Waals surface area (Å²) in [6.07, 6.45) is 7.21. The highest BCUT2D eigenvalue weighted by Gasteiger charge is 2.26. The fourth-order valence-electron chi connectivity index (χ4n) is 1.75. The number of Topliss-reactive ketones (excluding diaryl/α,β-unsaturated/α-hetero) is 1. The Bertz CT molecular complexity index is 281. The van der Waals surface area contributed by atoms with Crippen LogP contribution in [0.25, 0.3) is 0 Å². The van der Waals surface area contributed by atoms with Gasteiger partial charge in [-0.3, -0.25) is 10.1 Å². The highest BCUT2D eigenvalue weighted by Crippen LogP contribution is 2.14. The Balaban J connectivity index is 2.07. The summed E-state index contributed by atoms with van der Waals surface area (Å²) in [6.45, 7) is 2.35. The van der Waals surface area contributed by atoms with Gasteiger partial charge in [0.2, 0.25) is 0 Å². The van der Waals surface area contributed by atoms with Crippen molar-refractivity contribution in [3.8, 4) is 0 Å². The lowest BCUT2D eigenvalue weighted by Gasteiger charge is -2.34. The Hall–Kier alpha value is -1.09. The van der Waals surface area contributed by atoms with Crippen LogP contribution in [0, 0.1) is 0 Å². The number of nitrogens with one attached hydrogen (secondary N) is 2. The molecule has 1 aliphatic heterocycles. The van der Waals surface area contributed by atoms with Gasteiger partial charge in [0.05, 0.1) is 12.1 Å². The molecule has 1 fully saturated rings. The molecule has 1 saturated heterocycles. The number of ketones is 1. The van der Waals surface area contributed by atoms with Crippen molar-refractivity contribution in [2.75, 3.05) is 6.54 Å². The normalized spacial score (nSPS) is 31.6. The summed E-state index contributed by atoms with van der Waals surface area (Å²) < 4.78 is 0. The number of carbonyl (C=O) groups excluding carboxylic acids is 1. The number of allylic oxidation sites excluding steroid dienone is 2. The van der Waals surface area contributed by atoms with E-state index in [1.54, 1.807) is 6.92 Å². The van der Waals surface area contributed by atoms with Crippen molar-refractivity contribution < 1.29 is 4.79 Å². The Morgan fingerprint density at radius 2 is 2.46 bits per heavy atom.